The molecule has 8 bridgehead atoms. The highest BCUT2D eigenvalue weighted by atomic mass is 32.1. The molecule has 0 spiro atoms. The van der Waals surface area contributed by atoms with Crippen LogP contribution in [-0.2, 0) is 45.5 Å². The molecule has 17 aliphatic rings. The SMILES string of the molecule is CC(C)NC12CC3CC(C)(CC(C)(C3)C1)C2.CC(C)[N+]1(C2(c3ccccc3)CCCCC2)CCCC1.CC(C)[N+]1(C2(c3ccccc3)CCCCC2)CCCCC1.CC(C)[N+]1(C2(c3cccs3)CCCCC2)CCCCC1.CC(C)[N+]1([C@]2(c3cccs3)CCCC[C@@H]2C)CCCCC1.CCN(C(C)C)C1(c2cccc(OC)c2)CCCCC1=O.CC[C@H]1CC2C[C@@H]3CCc4c(n(C(C)C)c5ccc(CO)cc45)[C@H](C2)C13. The number of thiophene rings is 2. The number of methoxy groups -OCH3 is 1. The van der Waals surface area contributed by atoms with E-state index in [9.17, 15) is 9.90 Å². The first-order valence-electron chi connectivity index (χ1n) is 61.4. The summed E-state index contributed by atoms with van der Waals surface area (Å²) < 4.78 is 13.5. The number of ketones is 1. The van der Waals surface area contributed by atoms with Crippen molar-refractivity contribution in [3.8, 4) is 5.75 Å². The number of ether oxygens (including phenoxy) is 1. The predicted molar refractivity (Wildman–Crippen MR) is 618 cm³/mol. The Morgan fingerprint density at radius 2 is 0.952 bits per heavy atom. The van der Waals surface area contributed by atoms with E-state index >= 15 is 0 Å². The van der Waals surface area contributed by atoms with E-state index in [4.69, 9.17) is 4.74 Å². The van der Waals surface area contributed by atoms with Gasteiger partial charge in [-0.1, -0.05) is 178 Å². The molecule has 7 heterocycles. The molecule has 24 rings (SSSR count). The number of aliphatic hydroxyl groups is 1. The van der Waals surface area contributed by atoms with Gasteiger partial charge in [-0.05, 0) is 387 Å². The van der Waals surface area contributed by atoms with E-state index in [1.807, 2.05) is 40.9 Å². The van der Waals surface area contributed by atoms with Gasteiger partial charge >= 0.3 is 0 Å². The molecule has 7 aromatic rings. The van der Waals surface area contributed by atoms with Crippen LogP contribution in [0.4, 0.5) is 0 Å². The number of likely N-dealkylation sites (tertiary alicyclic amines) is 4. The maximum Gasteiger partial charge on any atom is 0.157 e. The summed E-state index contributed by atoms with van der Waals surface area (Å²) in [5.41, 5.74) is 13.1. The number of Topliss-reactive ketones (excluding diaryl/α,β-unsaturated/α-hetero) is 1. The zero-order chi connectivity index (χ0) is 103. The Hall–Kier alpha value is -4.99. The standard InChI is InChI=1S/C24H33NO.C20H32N.C19H32NS.C19H30N.C18H27NO2.C18H30NS.C15H27N/c1-4-17-9-16-10-18-6-7-19-20-11-15(13-26)5-8-22(20)25(14(2)3)24(19)21(12-16)23(17)18;1-18(2)21(16-10-5-11-17-21)20(14-8-4-9-15-20)19-12-6-3-7-13-19;1-16(2)20(13-7-4-8-14-20)19(18-11-9-15-21-18)12-6-5-10-17(19)3;1-17(2)20(15-9-10-16-20)19(13-7-4-8-14-19)18-11-5-3-6-12-18;1-5-19(14(2)3)18(12-7-6-11-17(18)20)15-9-8-10-16(13-15)21-4;1-16(2)19(13-7-4-8-14-19)18(11-5-3-6-12-18)17-10-9-15-20-17;1-11(2)16-15-7-12-5-13(3,9-15)8-14(4,6-12)10-15/h5,8,11,14,16-18,21,23,26H,4,6-7,9-10,12-13H2,1-3H3;3,6-7,12-13,18H,4-5,8-11,14-17H2,1-2H3;9,11,15-17H,4-8,10,12-14H2,1-3H3;3,5-6,11-12,17H,4,7-10,13-16H2,1-2H3;8-10,13-14H,5-7,11-12H2,1-4H3;9-10,15-16H,3-8,11-14H2,1-2H3;11-12,16H,5-10H2,1-4H3/q;3*+1;;+1;/t16?,17-,18-,21+,23?;;17-,19+;;;;/m0.0..../s1. The molecule has 4 aromatic carbocycles. The van der Waals surface area contributed by atoms with Gasteiger partial charge in [0.15, 0.2) is 5.78 Å². The van der Waals surface area contributed by atoms with Crippen LogP contribution in [0.1, 0.15) is 476 Å². The molecule has 16 fully saturated rings. The molecule has 10 nitrogen and oxygen atoms in total. The number of carbonyl (C=O) groups excluding carboxylic acids is 1. The van der Waals surface area contributed by atoms with Gasteiger partial charge < -0.3 is 37.7 Å². The molecule has 12 saturated carbocycles. The fourth-order valence-electron chi connectivity index (χ4n) is 38.4. The van der Waals surface area contributed by atoms with Crippen LogP contribution in [0.25, 0.3) is 10.9 Å². The average molecular weight is 2020 g/mol. The van der Waals surface area contributed by atoms with Crippen molar-refractivity contribution in [1.29, 1.82) is 0 Å². The van der Waals surface area contributed by atoms with Gasteiger partial charge in [-0.2, -0.15) is 0 Å². The Labute approximate surface area is 894 Å². The number of aryl methyl sites for hydroxylation is 1. The fraction of sp³-hybridized carbons (Fsp3) is 0.737. The van der Waals surface area contributed by atoms with Crippen LogP contribution in [-0.4, -0.2) is 146 Å². The van der Waals surface area contributed by atoms with E-state index in [1.54, 1.807) is 39.2 Å². The van der Waals surface area contributed by atoms with Crippen molar-refractivity contribution in [2.24, 2.45) is 46.3 Å². The van der Waals surface area contributed by atoms with E-state index in [0.29, 0.717) is 68.9 Å². The van der Waals surface area contributed by atoms with Crippen LogP contribution < -0.4 is 10.1 Å². The number of benzene rings is 4. The van der Waals surface area contributed by atoms with Gasteiger partial charge in [-0.3, -0.25) is 9.69 Å². The smallest absolute Gasteiger partial charge is 0.157 e. The molecular weight excluding hydrogens is 1810 g/mol. The minimum absolute atomic E-state index is 0.145. The van der Waals surface area contributed by atoms with Gasteiger partial charge in [0.05, 0.1) is 100.0 Å². The summed E-state index contributed by atoms with van der Waals surface area (Å²) in [6.07, 6.45) is 63.7. The summed E-state index contributed by atoms with van der Waals surface area (Å²) in [5.74, 6) is 7.53. The van der Waals surface area contributed by atoms with Crippen LogP contribution in [0.5, 0.6) is 5.75 Å². The number of likely N-dealkylation sites (N-methyl/N-ethyl adjacent to an activating group) is 1. The molecule has 2 N–H and O–H groups in total. The molecule has 3 aromatic heterocycles. The van der Waals surface area contributed by atoms with Gasteiger partial charge in [0.1, 0.15) is 33.4 Å². The summed E-state index contributed by atoms with van der Waals surface area (Å²) in [4.78, 5) is 18.7. The Morgan fingerprint density at radius 3 is 1.41 bits per heavy atom. The second-order valence-corrected chi connectivity index (χ2v) is 55.5. The predicted octanol–water partition coefficient (Wildman–Crippen LogP) is 34.3. The lowest BCUT2D eigenvalue weighted by Gasteiger charge is -2.66. The van der Waals surface area contributed by atoms with E-state index in [1.165, 1.54) is 351 Å². The molecular formula is C133H211N7O3S2+4. The molecule has 804 valence electrons. The highest BCUT2D eigenvalue weighted by Crippen LogP contribution is 2.68. The molecule has 5 unspecified atom stereocenters. The monoisotopic (exact) mass is 2020 g/mol. The number of nitrogens with one attached hydrogen (secondary N) is 1. The zero-order valence-electron chi connectivity index (χ0n) is 96.2. The molecule has 10 atom stereocenters. The van der Waals surface area contributed by atoms with Crippen LogP contribution in [0.2, 0.25) is 0 Å². The van der Waals surface area contributed by atoms with Crippen molar-refractivity contribution in [1.82, 2.24) is 14.8 Å². The van der Waals surface area contributed by atoms with Gasteiger partial charge in [0, 0.05) is 127 Å². The van der Waals surface area contributed by atoms with Gasteiger partial charge in [-0.15, -0.1) is 22.7 Å². The first-order chi connectivity index (χ1) is 69.8. The summed E-state index contributed by atoms with van der Waals surface area (Å²) in [7, 11) is 1.68. The van der Waals surface area contributed by atoms with Crippen molar-refractivity contribution >= 4 is 39.4 Å². The molecule has 4 aliphatic heterocycles. The molecule has 4 saturated heterocycles. The van der Waals surface area contributed by atoms with E-state index in [2.05, 4.69) is 266 Å². The molecule has 0 radical (unpaired) electrons. The third-order valence-electron chi connectivity index (χ3n) is 43.2. The van der Waals surface area contributed by atoms with Crippen molar-refractivity contribution < 1.29 is 32.6 Å². The van der Waals surface area contributed by atoms with Crippen molar-refractivity contribution in [3.05, 3.63) is 181 Å². The second-order valence-electron chi connectivity index (χ2n) is 53.6. The number of piperidine rings is 3. The highest BCUT2D eigenvalue weighted by Gasteiger charge is 2.64. The van der Waals surface area contributed by atoms with Crippen LogP contribution >= 0.6 is 22.7 Å². The number of carbonyl (C=O) groups is 1. The fourth-order valence-corrected chi connectivity index (χ4v) is 40.6. The summed E-state index contributed by atoms with van der Waals surface area (Å²) >= 11 is 4.05. The third kappa shape index (κ3) is 22.0. The van der Waals surface area contributed by atoms with E-state index in [-0.39, 0.29) is 6.61 Å². The minimum Gasteiger partial charge on any atom is -0.497 e. The third-order valence-corrected chi connectivity index (χ3v) is 45.3. The zero-order valence-corrected chi connectivity index (χ0v) is 97.9. The Balaban J connectivity index is 0.000000122. The van der Waals surface area contributed by atoms with Crippen LogP contribution in [0, 0.1) is 46.3 Å². The number of quaternary nitrogens is 4. The number of aromatic nitrogens is 1. The Bertz CT molecular complexity index is 5090. The molecule has 12 heteroatoms. The lowest BCUT2D eigenvalue weighted by Crippen LogP contribution is -2.70. The van der Waals surface area contributed by atoms with Crippen molar-refractivity contribution in [3.63, 3.8) is 0 Å². The van der Waals surface area contributed by atoms with Gasteiger partial charge in [0.2, 0.25) is 0 Å². The van der Waals surface area contributed by atoms with Gasteiger partial charge in [0.25, 0.3) is 0 Å². The summed E-state index contributed by atoms with van der Waals surface area (Å²) in [5, 5.41) is 19.6. The first kappa shape index (κ1) is 113. The minimum atomic E-state index is -0.476. The van der Waals surface area contributed by atoms with Crippen molar-refractivity contribution in [2.75, 3.05) is 66.0 Å². The summed E-state index contributed by atoms with van der Waals surface area (Å²) in [6.45, 7) is 57.9. The lowest BCUT2D eigenvalue weighted by atomic mass is 9.42. The first-order valence-corrected chi connectivity index (χ1v) is 63.2. The second kappa shape index (κ2) is 48.4. The molecule has 0 amide bonds. The topological polar surface area (TPSA) is 66.7 Å². The molecule has 145 heavy (non-hydrogen) atoms. The van der Waals surface area contributed by atoms with E-state index < -0.39 is 5.54 Å². The van der Waals surface area contributed by atoms with Crippen molar-refractivity contribution in [2.45, 2.75) is 515 Å². The van der Waals surface area contributed by atoms with Gasteiger partial charge in [-0.25, -0.2) is 0 Å². The lowest BCUT2D eigenvalue weighted by molar-refractivity contribution is -1.01. The highest BCUT2D eigenvalue weighted by molar-refractivity contribution is 7.10. The van der Waals surface area contributed by atoms with Crippen LogP contribution in [0.3, 0.4) is 0 Å². The Kier molecular flexibility index (Phi) is 37.5. The number of rotatable bonds is 22. The number of hydrogen-bond acceptors (Lipinski definition) is 7. The summed E-state index contributed by atoms with van der Waals surface area (Å²) in [6, 6.07) is 51.6. The maximum absolute atomic E-state index is 12.9. The number of aliphatic hydroxyl groups excluding tert-OH is 1. The number of fused-ring (bicyclic) bond motifs is 4. The maximum atomic E-state index is 12.9. The van der Waals surface area contributed by atoms with E-state index in [0.717, 1.165) is 108 Å². The van der Waals surface area contributed by atoms with Crippen LogP contribution in [0.15, 0.2) is 138 Å². The average Bonchev–Trinajstić information content (AvgIpc) is 1.35. The quantitative estimate of drug-likeness (QED) is 0.0662. The Morgan fingerprint density at radius 1 is 0.469 bits per heavy atom. The number of nitrogens with zero attached hydrogens (tertiary/aromatic N) is 6. The normalized spacial score (nSPS) is 30.7. The number of hydrogen-bond donors (Lipinski definition) is 2. The largest absolute Gasteiger partial charge is 0.497 e. The molecule has 13 aliphatic carbocycles.